The maximum absolute atomic E-state index is 14.2. The number of ketones is 1. The van der Waals surface area contributed by atoms with Crippen LogP contribution < -0.4 is 41.7 Å². The molecular weight excluding hydrogens is 1950 g/mol. The van der Waals surface area contributed by atoms with Gasteiger partial charge in [0.1, 0.15) is 73.3 Å². The Bertz CT molecular complexity index is 3920. The summed E-state index contributed by atoms with van der Waals surface area (Å²) >= 11 is 0. The molecule has 7 N–H and O–H groups in total. The summed E-state index contributed by atoms with van der Waals surface area (Å²) < 4.78 is 146. The van der Waals surface area contributed by atoms with Crippen molar-refractivity contribution in [1.29, 1.82) is 5.26 Å². The van der Waals surface area contributed by atoms with Crippen molar-refractivity contribution in [2.45, 2.75) is 278 Å². The fourth-order valence-electron chi connectivity index (χ4n) is 14.6. The van der Waals surface area contributed by atoms with E-state index in [1.54, 1.807) is 0 Å². The third-order valence-corrected chi connectivity index (χ3v) is 22.5. The molecule has 0 bridgehead atoms. The van der Waals surface area contributed by atoms with Gasteiger partial charge in [-0.1, -0.05) is 12.1 Å². The van der Waals surface area contributed by atoms with Crippen LogP contribution in [-0.4, -0.2) is 387 Å². The molecule has 3 heterocycles. The average molecular weight is 2090 g/mol. The maximum atomic E-state index is 14.2. The second-order valence-corrected chi connectivity index (χ2v) is 35.2. The summed E-state index contributed by atoms with van der Waals surface area (Å²) in [5.74, 6) is -10.2. The van der Waals surface area contributed by atoms with Gasteiger partial charge >= 0.3 is 62.2 Å². The number of nitriles is 1. The minimum atomic E-state index is -1.63. The molecule has 51 nitrogen and oxygen atoms in total. The number of ether oxygens (including phenoxy) is 23. The fraction of sp³-hybridized carbons (Fsp3) is 0.742. The molecule has 0 spiro atoms. The minimum Gasteiger partial charge on any atom is -0.463 e. The lowest BCUT2D eigenvalue weighted by atomic mass is 9.96. The van der Waals surface area contributed by atoms with Crippen LogP contribution in [0.3, 0.4) is 0 Å². The molecule has 4 rings (SSSR count). The van der Waals surface area contributed by atoms with E-state index in [0.717, 1.165) is 67.9 Å². The summed E-state index contributed by atoms with van der Waals surface area (Å²) in [5, 5.41) is 28.0. The number of carbonyl (C=O) groups is 17. The number of esters is 9. The van der Waals surface area contributed by atoms with Crippen molar-refractivity contribution in [3.8, 4) is 11.8 Å². The van der Waals surface area contributed by atoms with Crippen molar-refractivity contribution in [3.63, 3.8) is 0 Å². The lowest BCUT2D eigenvalue weighted by Gasteiger charge is -2.44. The number of nitrogens with zero attached hydrogens (tertiary/aromatic N) is 2. The van der Waals surface area contributed by atoms with Gasteiger partial charge in [-0.05, 0) is 58.2 Å². The second-order valence-electron chi connectivity index (χ2n) is 33.8. The van der Waals surface area contributed by atoms with E-state index in [1.165, 1.54) is 20.8 Å². The van der Waals surface area contributed by atoms with E-state index in [-0.39, 0.29) is 188 Å². The fourth-order valence-corrected chi connectivity index (χ4v) is 16.2. The van der Waals surface area contributed by atoms with Crippen LogP contribution in [-0.2, 0) is 201 Å². The molecule has 3 aliphatic rings. The molecule has 3 fully saturated rings. The van der Waals surface area contributed by atoms with E-state index in [1.807, 2.05) is 52.0 Å². The van der Waals surface area contributed by atoms with Gasteiger partial charge in [0.15, 0.2) is 55.5 Å². The van der Waals surface area contributed by atoms with Crippen molar-refractivity contribution in [2.75, 3.05) is 172 Å². The maximum Gasteiger partial charge on any atom is 0.321 e. The highest BCUT2D eigenvalue weighted by atomic mass is 31.2. The van der Waals surface area contributed by atoms with Crippen LogP contribution in [0.15, 0.2) is 24.3 Å². The third-order valence-electron chi connectivity index (χ3n) is 20.5. The average Bonchev–Trinajstić information content (AvgIpc) is 0.790. The molecule has 2 unspecified atom stereocenters. The molecule has 1 aromatic rings. The van der Waals surface area contributed by atoms with Crippen molar-refractivity contribution in [2.24, 2.45) is 0 Å². The Labute approximate surface area is 843 Å². The van der Waals surface area contributed by atoms with Crippen molar-refractivity contribution in [1.82, 2.24) is 41.9 Å². The van der Waals surface area contributed by atoms with Gasteiger partial charge in [0.2, 0.25) is 41.4 Å². The van der Waals surface area contributed by atoms with Crippen LogP contribution >= 0.6 is 8.53 Å². The molecule has 145 heavy (non-hydrogen) atoms. The van der Waals surface area contributed by atoms with Gasteiger partial charge in [0.05, 0.1) is 138 Å². The topological polar surface area (TPSA) is 632 Å². The molecule has 52 heteroatoms. The van der Waals surface area contributed by atoms with Crippen LogP contribution in [0.2, 0.25) is 0 Å². The highest BCUT2D eigenvalue weighted by Crippen LogP contribution is 2.46. The summed E-state index contributed by atoms with van der Waals surface area (Å²) in [6.45, 7) is 17.5. The summed E-state index contributed by atoms with van der Waals surface area (Å²) in [7, 11) is -1.50. The smallest absolute Gasteiger partial charge is 0.321 e. The molecule has 3 saturated heterocycles. The van der Waals surface area contributed by atoms with E-state index < -0.39 is 241 Å². The van der Waals surface area contributed by atoms with Gasteiger partial charge < -0.3 is 155 Å². The number of amides is 7. The van der Waals surface area contributed by atoms with Crippen LogP contribution in [0.1, 0.15) is 168 Å². The predicted octanol–water partition coefficient (Wildman–Crippen LogP) is 0.538. The van der Waals surface area contributed by atoms with Gasteiger partial charge in [0, 0.05) is 160 Å². The van der Waals surface area contributed by atoms with Gasteiger partial charge in [-0.15, -0.1) is 0 Å². The van der Waals surface area contributed by atoms with Crippen molar-refractivity contribution in [3.05, 3.63) is 29.8 Å². The Kier molecular flexibility index (Phi) is 62.2. The van der Waals surface area contributed by atoms with E-state index in [0.29, 0.717) is 25.0 Å². The summed E-state index contributed by atoms with van der Waals surface area (Å²) in [6.07, 6.45) is -15.3. The highest BCUT2D eigenvalue weighted by molar-refractivity contribution is 7.45. The number of aryl methyl sites for hydroxylation is 1. The van der Waals surface area contributed by atoms with Crippen LogP contribution in [0.5, 0.6) is 5.75 Å². The Hall–Kier alpha value is -10.5. The van der Waals surface area contributed by atoms with E-state index in [9.17, 15) is 81.5 Å². The third kappa shape index (κ3) is 53.6. The molecule has 0 saturated carbocycles. The number of benzene rings is 1. The first-order chi connectivity index (χ1) is 69.0. The Morgan fingerprint density at radius 3 is 1.01 bits per heavy atom. The summed E-state index contributed by atoms with van der Waals surface area (Å²) in [5.41, 5.74) is -0.698. The molecule has 3 aliphatic heterocycles. The monoisotopic (exact) mass is 2090 g/mol. The van der Waals surface area contributed by atoms with Crippen molar-refractivity contribution >= 4 is 109 Å². The van der Waals surface area contributed by atoms with Gasteiger partial charge in [-0.3, -0.25) is 81.5 Å². The van der Waals surface area contributed by atoms with Gasteiger partial charge in [-0.25, -0.2) is 4.67 Å². The number of nitrogens with one attached hydrogen (secondary N) is 7. The number of hydrogen-bond donors (Lipinski definition) is 7. The van der Waals surface area contributed by atoms with Gasteiger partial charge in [0.25, 0.3) is 0 Å². The molecule has 7 amide bonds. The lowest BCUT2D eigenvalue weighted by Crippen LogP contribution is -2.66. The number of hydrogen-bond acceptors (Lipinski definition) is 44. The Balaban J connectivity index is 1.48. The predicted molar refractivity (Wildman–Crippen MR) is 500 cm³/mol. The van der Waals surface area contributed by atoms with Gasteiger partial charge in [-0.2, -0.15) is 5.26 Å². The van der Waals surface area contributed by atoms with E-state index >= 15 is 0 Å². The first kappa shape index (κ1) is 127. The van der Waals surface area contributed by atoms with Crippen molar-refractivity contribution < 1.29 is 200 Å². The SMILES string of the molecule is CC(=O)N[C@@H]1[C@H](OCCOCCNC(=O)CCOCC(COCCC(=O)NCCOCCO[C@H]2O[C@H](COC(C)=O)[C@@H](OC(C)=O)[C@@H](OC(C)=O)[C@@H]2NC(C)=O)(COCCC(=O)NCCOCCO[C@@H]2O[C@H](COC(C)=O)[C@H](OC(C)=O)[C@H](OC(C)=O)[C@H]2NC(C)=O)NC(=O)CCOCCOCCCC(=O)CCc2ccc(OP(OCCC#N)N(C(C)C)C(C)C)cc2)O[C@H](COC(C)=O)[C@@H](OC(C)=O)[C@H]1OC(C)=O. The molecule has 17 atom stereocenters. The lowest BCUT2D eigenvalue weighted by molar-refractivity contribution is -0.279. The Morgan fingerprint density at radius 2 is 0.690 bits per heavy atom. The first-order valence-electron chi connectivity index (χ1n) is 47.7. The zero-order valence-electron chi connectivity index (χ0n) is 85.4. The molecular formula is C93H146N9O42P. The van der Waals surface area contributed by atoms with Crippen LogP contribution in [0.4, 0.5) is 0 Å². The Morgan fingerprint density at radius 1 is 0.372 bits per heavy atom. The molecule has 0 radical (unpaired) electrons. The molecule has 1 aromatic carbocycles. The standard InChI is InChI=1S/C93H146N9O42P/c1-57(2)102(58(3)4)145(134-35-18-30-94)144-73-24-21-71(22-25-73)20-23-72(115)19-17-34-120-43-44-121-36-29-80(119)101-93(54-125-37-26-77(116)95-31-40-122-45-48-128-90-81(98-59(5)103)87(138-68(14)112)84(135-65(11)109)74(141-90)51-131-62(8)106,55-126-38-27-78(117)96-32-41-123-46-49-129-91-82(99-60(6)104)88(139-69(15)113)85(136-66(12)110)75(142-91)52-132-63(9)107)56-127-39-28-79(118)97-33-42-124-47-50-130-92-83(100-61(7)105)89(140-70(16)114)86(137-67(13)111)76(143-92)53-133-64(10)108/h21-22,24-25,57-58,74-76,81-92H,17-20,23,26-29,31-56H2,1-16H3,(H,95,116)(H,96,117)(H,97,118)(H,98,103)(H,99,104)(H,100,105)(H,101,119)/t74-,75-,76-,81-,82+,83+,84+,85-,86-,87-,88+,89+,90-,91-,92+,93?,145?/m1/s1. The second kappa shape index (κ2) is 71.1. The van der Waals surface area contributed by atoms with Crippen LogP contribution in [0.25, 0.3) is 0 Å². The summed E-state index contributed by atoms with van der Waals surface area (Å²) in [6, 6.07) is 6.07. The number of Topliss-reactive ketones (excluding diaryl/α,β-unsaturated/α-hetero) is 1. The van der Waals surface area contributed by atoms with Crippen LogP contribution in [0, 0.1) is 11.3 Å². The molecule has 0 aliphatic carbocycles. The molecule has 0 aromatic heterocycles. The quantitative estimate of drug-likeness (QED) is 0.0202. The summed E-state index contributed by atoms with van der Waals surface area (Å²) in [4.78, 5) is 214. The van der Waals surface area contributed by atoms with E-state index in [2.05, 4.69) is 48.0 Å². The zero-order chi connectivity index (χ0) is 107. The first-order valence-corrected chi connectivity index (χ1v) is 48.8. The number of rotatable bonds is 73. The highest BCUT2D eigenvalue weighted by Gasteiger charge is 2.55. The van der Waals surface area contributed by atoms with E-state index in [4.69, 9.17) is 123 Å². The normalized spacial score (nSPS) is 21.3. The molecule has 820 valence electrons. The minimum absolute atomic E-state index is 0.0347. The largest absolute Gasteiger partial charge is 0.463 e. The zero-order valence-corrected chi connectivity index (χ0v) is 86.3. The number of carbonyl (C=O) groups excluding carboxylic acids is 17.